The molecule has 0 amide bonds. The molecule has 0 aromatic carbocycles. The number of nitrogens with zero attached hydrogens (tertiary/aromatic N) is 4. The zero-order chi connectivity index (χ0) is 18.4. The summed E-state index contributed by atoms with van der Waals surface area (Å²) in [5, 5.41) is 27.9. The van der Waals surface area contributed by atoms with Crippen LogP contribution in [0.4, 0.5) is 11.6 Å². The predicted molar refractivity (Wildman–Crippen MR) is 87.7 cm³/mol. The second-order valence-corrected chi connectivity index (χ2v) is 5.71. The molecule has 8 heteroatoms. The van der Waals surface area contributed by atoms with Crippen molar-refractivity contribution in [1.82, 2.24) is 0 Å². The molecule has 1 atom stereocenters. The van der Waals surface area contributed by atoms with Gasteiger partial charge in [0, 0.05) is 5.56 Å². The first-order chi connectivity index (χ1) is 12.1. The maximum Gasteiger partial charge on any atom is 0.312 e. The van der Waals surface area contributed by atoms with Crippen LogP contribution in [0.2, 0.25) is 0 Å². The Balaban J connectivity index is 2.45. The maximum atomic E-state index is 12.0. The molecule has 2 heterocycles. The molecular weight excluding hydrogens is 320 g/mol. The van der Waals surface area contributed by atoms with Crippen molar-refractivity contribution in [3.05, 3.63) is 16.7 Å². The number of aromatic nitrogens is 1. The third-order valence-corrected chi connectivity index (χ3v) is 4.20. The van der Waals surface area contributed by atoms with Crippen LogP contribution >= 0.6 is 0 Å². The first-order valence-corrected chi connectivity index (χ1v) is 8.03. The number of aromatic amines is 1. The van der Waals surface area contributed by atoms with E-state index < -0.39 is 0 Å². The van der Waals surface area contributed by atoms with Crippen LogP contribution in [0.1, 0.15) is 36.5 Å². The average molecular weight is 339 g/mol. The number of carbonyl (C=O) groups excluding carboxylic acids is 1. The molecule has 0 bridgehead atoms. The van der Waals surface area contributed by atoms with E-state index in [0.29, 0.717) is 37.5 Å². The minimum atomic E-state index is -0.287. The number of ether oxygens (including phenoxy) is 1. The number of carbonyl (C=O) groups is 1. The number of hydrogen-bond acceptors (Lipinski definition) is 7. The van der Waals surface area contributed by atoms with Crippen molar-refractivity contribution in [3.63, 3.8) is 0 Å². The highest BCUT2D eigenvalue weighted by molar-refractivity contribution is 5.74. The van der Waals surface area contributed by atoms with Gasteiger partial charge in [-0.25, -0.2) is 4.98 Å². The molecule has 0 aliphatic carbocycles. The zero-order valence-electron chi connectivity index (χ0n) is 14.0. The molecule has 1 aromatic heterocycles. The summed E-state index contributed by atoms with van der Waals surface area (Å²) >= 11 is 0. The lowest BCUT2D eigenvalue weighted by Gasteiger charge is -2.29. The lowest BCUT2D eigenvalue weighted by Crippen LogP contribution is -2.43. The molecule has 0 saturated carbocycles. The first kappa shape index (κ1) is 18.0. The van der Waals surface area contributed by atoms with Gasteiger partial charge >= 0.3 is 5.97 Å². The highest BCUT2D eigenvalue weighted by Crippen LogP contribution is 2.28. The molecule has 25 heavy (non-hydrogen) atoms. The summed E-state index contributed by atoms with van der Waals surface area (Å²) in [6.45, 7) is 3.11. The highest BCUT2D eigenvalue weighted by atomic mass is 16.5. The second-order valence-electron chi connectivity index (χ2n) is 5.71. The van der Waals surface area contributed by atoms with Crippen LogP contribution in [0, 0.1) is 39.9 Å². The molecule has 2 rings (SSSR count). The van der Waals surface area contributed by atoms with E-state index in [1.165, 1.54) is 0 Å². The van der Waals surface area contributed by atoms with Crippen molar-refractivity contribution in [2.75, 3.05) is 30.3 Å². The molecule has 128 valence electrons. The Morgan fingerprint density at radius 1 is 1.36 bits per heavy atom. The normalized spacial score (nSPS) is 16.4. The van der Waals surface area contributed by atoms with Gasteiger partial charge in [-0.15, -0.1) is 0 Å². The molecule has 3 N–H and O–H groups in total. The molecule has 8 nitrogen and oxygen atoms in total. The fourth-order valence-electron chi connectivity index (χ4n) is 3.06. The summed E-state index contributed by atoms with van der Waals surface area (Å²) < 4.78 is 5.09. The number of H-pyrrole nitrogens is 1. The van der Waals surface area contributed by atoms with Gasteiger partial charge in [0.1, 0.15) is 23.3 Å². The number of nitrogens with two attached hydrogens (primary N) is 1. The number of nitriles is 3. The van der Waals surface area contributed by atoms with Crippen LogP contribution in [0.15, 0.2) is 0 Å². The van der Waals surface area contributed by atoms with Gasteiger partial charge in [-0.1, -0.05) is 0 Å². The summed E-state index contributed by atoms with van der Waals surface area (Å²) in [5.74, 6) is 0.00718. The van der Waals surface area contributed by atoms with Gasteiger partial charge in [-0.05, 0) is 19.8 Å². The summed E-state index contributed by atoms with van der Waals surface area (Å²) in [5.41, 5.74) is 6.57. The summed E-state index contributed by atoms with van der Waals surface area (Å²) in [6, 6.07) is 5.99. The van der Waals surface area contributed by atoms with Crippen molar-refractivity contribution < 1.29 is 14.5 Å². The molecule has 0 unspecified atom stereocenters. The van der Waals surface area contributed by atoms with Crippen LogP contribution in [0.5, 0.6) is 0 Å². The van der Waals surface area contributed by atoms with Gasteiger partial charge in [-0.2, -0.15) is 15.8 Å². The van der Waals surface area contributed by atoms with Crippen molar-refractivity contribution in [3.8, 4) is 18.2 Å². The number of hydrogen-bond donors (Lipinski definition) is 1. The van der Waals surface area contributed by atoms with Gasteiger partial charge < -0.3 is 10.5 Å². The molecule has 1 aromatic rings. The van der Waals surface area contributed by atoms with E-state index in [1.54, 1.807) is 6.92 Å². The second kappa shape index (κ2) is 7.99. The topological polar surface area (TPSA) is 141 Å². The Hall–Kier alpha value is -3.31. The molecular formula is C17H19N6O2+. The quantitative estimate of drug-likeness (QED) is 0.794. The number of esters is 1. The van der Waals surface area contributed by atoms with Crippen LogP contribution in [-0.4, -0.2) is 25.7 Å². The summed E-state index contributed by atoms with van der Waals surface area (Å²) in [7, 11) is 0. The van der Waals surface area contributed by atoms with E-state index in [0.717, 1.165) is 6.42 Å². The van der Waals surface area contributed by atoms with Crippen molar-refractivity contribution in [1.29, 1.82) is 15.8 Å². The Kier molecular flexibility index (Phi) is 5.76. The Morgan fingerprint density at radius 3 is 2.68 bits per heavy atom. The van der Waals surface area contributed by atoms with Crippen molar-refractivity contribution in [2.24, 2.45) is 5.92 Å². The fraction of sp³-hybridized carbons (Fsp3) is 0.471. The van der Waals surface area contributed by atoms with Crippen molar-refractivity contribution in [2.45, 2.75) is 26.2 Å². The number of anilines is 2. The minimum absolute atomic E-state index is 0.0905. The lowest BCUT2D eigenvalue weighted by molar-refractivity contribution is -0.347. The number of piperidine rings is 1. The van der Waals surface area contributed by atoms with E-state index in [1.807, 2.05) is 17.0 Å². The predicted octanol–water partition coefficient (Wildman–Crippen LogP) is 0.672. The van der Waals surface area contributed by atoms with Gasteiger partial charge in [0.2, 0.25) is 11.6 Å². The van der Waals surface area contributed by atoms with Crippen molar-refractivity contribution >= 4 is 17.6 Å². The van der Waals surface area contributed by atoms with E-state index in [-0.39, 0.29) is 35.3 Å². The first-order valence-electron chi connectivity index (χ1n) is 8.03. The zero-order valence-corrected chi connectivity index (χ0v) is 14.0. The minimum Gasteiger partial charge on any atom is -0.466 e. The Labute approximate surface area is 146 Å². The molecule has 1 saturated heterocycles. The van der Waals surface area contributed by atoms with Gasteiger partial charge in [0.05, 0.1) is 38.1 Å². The van der Waals surface area contributed by atoms with Crippen LogP contribution in [0.3, 0.4) is 0 Å². The third-order valence-electron chi connectivity index (χ3n) is 4.20. The summed E-state index contributed by atoms with van der Waals surface area (Å²) in [4.78, 5) is 16.8. The molecule has 0 radical (unpaired) electrons. The van der Waals surface area contributed by atoms with Crippen LogP contribution in [0.25, 0.3) is 0 Å². The standard InChI is InChI=1S/C17H18N6O2/c1-2-25-17(24)11-4-3-7-23(10-11)16-14(9-20)12(5-6-18)13(8-19)15(21)22-16/h11H,2-5,7,10H2,1H3,(H2,21,22)/p+1/t11-/m0/s1. The van der Waals surface area contributed by atoms with E-state index >= 15 is 0 Å². The van der Waals surface area contributed by atoms with Gasteiger partial charge in [0.15, 0.2) is 0 Å². The average Bonchev–Trinajstić information content (AvgIpc) is 2.62. The number of pyridine rings is 1. The van der Waals surface area contributed by atoms with E-state index in [4.69, 9.17) is 15.7 Å². The smallest absolute Gasteiger partial charge is 0.312 e. The number of nitrogen functional groups attached to an aromatic ring is 1. The molecule has 1 fully saturated rings. The summed E-state index contributed by atoms with van der Waals surface area (Å²) in [6.07, 6.45) is 1.39. The number of rotatable bonds is 4. The number of nitrogens with one attached hydrogen (secondary N) is 1. The van der Waals surface area contributed by atoms with Crippen LogP contribution in [-0.2, 0) is 16.0 Å². The third kappa shape index (κ3) is 3.62. The van der Waals surface area contributed by atoms with Gasteiger partial charge in [0.25, 0.3) is 0 Å². The molecule has 1 aliphatic heterocycles. The SMILES string of the molecule is CCOC(=O)[C@H]1CCCN(c2[nH+]c(N)c(C#N)c(CC#N)c2C#N)C1. The lowest BCUT2D eigenvalue weighted by atomic mass is 9.96. The molecule has 1 aliphatic rings. The van der Waals surface area contributed by atoms with Crippen LogP contribution < -0.4 is 15.6 Å². The van der Waals surface area contributed by atoms with E-state index in [2.05, 4.69) is 11.1 Å². The van der Waals surface area contributed by atoms with Gasteiger partial charge in [-0.3, -0.25) is 9.69 Å². The monoisotopic (exact) mass is 339 g/mol. The Bertz CT molecular complexity index is 799. The largest absolute Gasteiger partial charge is 0.466 e. The maximum absolute atomic E-state index is 12.0. The fourth-order valence-corrected chi connectivity index (χ4v) is 3.06. The Morgan fingerprint density at radius 2 is 2.08 bits per heavy atom. The molecule has 0 spiro atoms. The highest BCUT2D eigenvalue weighted by Gasteiger charge is 2.33. The van der Waals surface area contributed by atoms with E-state index in [9.17, 15) is 15.3 Å².